The van der Waals surface area contributed by atoms with Crippen LogP contribution in [-0.4, -0.2) is 17.6 Å². The Morgan fingerprint density at radius 2 is 2.05 bits per heavy atom. The standard InChI is InChI=1S/C16H24N2O2/c1-11-2-4-12(5-3-11)8-9-18-15-7-6-13(17)10-14(15)16(19)20/h6-7,10-12,18H,2-5,8-9,17H2,1H3,(H,19,20). The van der Waals surface area contributed by atoms with Crippen molar-refractivity contribution in [3.8, 4) is 0 Å². The lowest BCUT2D eigenvalue weighted by molar-refractivity contribution is 0.0698. The van der Waals surface area contributed by atoms with E-state index in [-0.39, 0.29) is 5.56 Å². The van der Waals surface area contributed by atoms with E-state index in [2.05, 4.69) is 12.2 Å². The minimum Gasteiger partial charge on any atom is -0.478 e. The van der Waals surface area contributed by atoms with Crippen LogP contribution in [0.15, 0.2) is 18.2 Å². The number of hydrogen-bond donors (Lipinski definition) is 3. The van der Waals surface area contributed by atoms with Crippen LogP contribution < -0.4 is 11.1 Å². The van der Waals surface area contributed by atoms with Gasteiger partial charge < -0.3 is 16.2 Å². The summed E-state index contributed by atoms with van der Waals surface area (Å²) in [4.78, 5) is 11.2. The fourth-order valence-electron chi connectivity index (χ4n) is 2.92. The van der Waals surface area contributed by atoms with Gasteiger partial charge in [0.15, 0.2) is 0 Å². The van der Waals surface area contributed by atoms with Gasteiger partial charge in [0, 0.05) is 17.9 Å². The molecule has 0 unspecified atom stereocenters. The highest BCUT2D eigenvalue weighted by Crippen LogP contribution is 2.30. The summed E-state index contributed by atoms with van der Waals surface area (Å²) >= 11 is 0. The van der Waals surface area contributed by atoms with Crippen LogP contribution in [0.3, 0.4) is 0 Å². The number of rotatable bonds is 5. The zero-order chi connectivity index (χ0) is 14.5. The van der Waals surface area contributed by atoms with Crippen LogP contribution in [0.5, 0.6) is 0 Å². The monoisotopic (exact) mass is 276 g/mol. The van der Waals surface area contributed by atoms with Crippen molar-refractivity contribution in [1.82, 2.24) is 0 Å². The third-order valence-electron chi connectivity index (χ3n) is 4.28. The highest BCUT2D eigenvalue weighted by atomic mass is 16.4. The van der Waals surface area contributed by atoms with Gasteiger partial charge >= 0.3 is 5.97 Å². The number of nitrogens with two attached hydrogens (primary N) is 1. The van der Waals surface area contributed by atoms with E-state index >= 15 is 0 Å². The highest BCUT2D eigenvalue weighted by molar-refractivity contribution is 5.95. The molecule has 0 atom stereocenters. The second kappa shape index (κ2) is 6.64. The van der Waals surface area contributed by atoms with E-state index in [1.807, 2.05) is 0 Å². The van der Waals surface area contributed by atoms with Crippen molar-refractivity contribution >= 4 is 17.3 Å². The third kappa shape index (κ3) is 3.89. The van der Waals surface area contributed by atoms with E-state index in [4.69, 9.17) is 5.73 Å². The number of carbonyl (C=O) groups is 1. The summed E-state index contributed by atoms with van der Waals surface area (Å²) in [6.45, 7) is 3.14. The zero-order valence-electron chi connectivity index (χ0n) is 12.1. The Balaban J connectivity index is 1.86. The number of carboxylic acids is 1. The average Bonchev–Trinajstić information content (AvgIpc) is 2.42. The smallest absolute Gasteiger partial charge is 0.337 e. The average molecular weight is 276 g/mol. The van der Waals surface area contributed by atoms with Crippen LogP contribution in [0, 0.1) is 11.8 Å². The van der Waals surface area contributed by atoms with E-state index < -0.39 is 5.97 Å². The molecule has 0 aromatic heterocycles. The van der Waals surface area contributed by atoms with Gasteiger partial charge in [-0.25, -0.2) is 4.79 Å². The van der Waals surface area contributed by atoms with E-state index in [1.165, 1.54) is 31.7 Å². The molecule has 0 bridgehead atoms. The lowest BCUT2D eigenvalue weighted by Crippen LogP contribution is -2.16. The summed E-state index contributed by atoms with van der Waals surface area (Å²) in [7, 11) is 0. The van der Waals surface area contributed by atoms with Crippen molar-refractivity contribution in [3.63, 3.8) is 0 Å². The van der Waals surface area contributed by atoms with Crippen LogP contribution in [0.25, 0.3) is 0 Å². The van der Waals surface area contributed by atoms with Crippen molar-refractivity contribution in [3.05, 3.63) is 23.8 Å². The third-order valence-corrected chi connectivity index (χ3v) is 4.28. The van der Waals surface area contributed by atoms with Gasteiger partial charge in [-0.05, 0) is 36.5 Å². The molecule has 2 rings (SSSR count). The van der Waals surface area contributed by atoms with Gasteiger partial charge in [0.1, 0.15) is 0 Å². The number of hydrogen-bond acceptors (Lipinski definition) is 3. The number of nitrogen functional groups attached to an aromatic ring is 1. The van der Waals surface area contributed by atoms with Gasteiger partial charge in [0.25, 0.3) is 0 Å². The Morgan fingerprint density at radius 3 is 2.70 bits per heavy atom. The topological polar surface area (TPSA) is 75.3 Å². The molecule has 0 heterocycles. The minimum absolute atomic E-state index is 0.252. The number of carboxylic acid groups (broad SMARTS) is 1. The first kappa shape index (κ1) is 14.7. The quantitative estimate of drug-likeness (QED) is 0.718. The summed E-state index contributed by atoms with van der Waals surface area (Å²) in [5, 5.41) is 12.4. The zero-order valence-corrected chi connectivity index (χ0v) is 12.1. The summed E-state index contributed by atoms with van der Waals surface area (Å²) in [5.74, 6) is 0.710. The predicted octanol–water partition coefficient (Wildman–Crippen LogP) is 3.60. The van der Waals surface area contributed by atoms with Gasteiger partial charge in [0.2, 0.25) is 0 Å². The molecule has 4 nitrogen and oxygen atoms in total. The first-order valence-corrected chi connectivity index (χ1v) is 7.43. The van der Waals surface area contributed by atoms with Gasteiger partial charge in [-0.1, -0.05) is 32.6 Å². The molecule has 1 aliphatic rings. The molecule has 1 aliphatic carbocycles. The van der Waals surface area contributed by atoms with Crippen LogP contribution in [0.4, 0.5) is 11.4 Å². The normalized spacial score (nSPS) is 22.4. The highest BCUT2D eigenvalue weighted by Gasteiger charge is 2.18. The number of nitrogens with one attached hydrogen (secondary N) is 1. The Kier molecular flexibility index (Phi) is 4.88. The number of aromatic carboxylic acids is 1. The Labute approximate surface area is 120 Å². The van der Waals surface area contributed by atoms with Crippen molar-refractivity contribution in [1.29, 1.82) is 0 Å². The van der Waals surface area contributed by atoms with Crippen molar-refractivity contribution in [2.24, 2.45) is 11.8 Å². The summed E-state index contributed by atoms with van der Waals surface area (Å²) in [6.07, 6.45) is 6.36. The van der Waals surface area contributed by atoms with Crippen LogP contribution >= 0.6 is 0 Å². The first-order chi connectivity index (χ1) is 9.56. The molecule has 1 fully saturated rings. The molecule has 110 valence electrons. The molecular weight excluding hydrogens is 252 g/mol. The second-order valence-corrected chi connectivity index (χ2v) is 5.95. The van der Waals surface area contributed by atoms with Crippen LogP contribution in [0.2, 0.25) is 0 Å². The van der Waals surface area contributed by atoms with Gasteiger partial charge in [-0.15, -0.1) is 0 Å². The van der Waals surface area contributed by atoms with Gasteiger partial charge in [0.05, 0.1) is 5.56 Å². The maximum atomic E-state index is 11.2. The molecular formula is C16H24N2O2. The van der Waals surface area contributed by atoms with E-state index in [0.29, 0.717) is 11.4 Å². The lowest BCUT2D eigenvalue weighted by atomic mass is 9.81. The Hall–Kier alpha value is -1.71. The van der Waals surface area contributed by atoms with Crippen molar-refractivity contribution in [2.75, 3.05) is 17.6 Å². The van der Waals surface area contributed by atoms with Crippen molar-refractivity contribution < 1.29 is 9.90 Å². The molecule has 20 heavy (non-hydrogen) atoms. The molecule has 0 spiro atoms. The van der Waals surface area contributed by atoms with Crippen LogP contribution in [-0.2, 0) is 0 Å². The molecule has 0 saturated heterocycles. The van der Waals surface area contributed by atoms with E-state index in [0.717, 1.165) is 24.8 Å². The molecule has 4 N–H and O–H groups in total. The maximum absolute atomic E-state index is 11.2. The van der Waals surface area contributed by atoms with E-state index in [9.17, 15) is 9.90 Å². The Morgan fingerprint density at radius 1 is 1.35 bits per heavy atom. The molecule has 1 aromatic rings. The largest absolute Gasteiger partial charge is 0.478 e. The molecule has 4 heteroatoms. The minimum atomic E-state index is -0.939. The lowest BCUT2D eigenvalue weighted by Gasteiger charge is -2.26. The second-order valence-electron chi connectivity index (χ2n) is 5.95. The fraction of sp³-hybridized carbons (Fsp3) is 0.562. The molecule has 0 radical (unpaired) electrons. The predicted molar refractivity (Wildman–Crippen MR) is 82.0 cm³/mol. The van der Waals surface area contributed by atoms with Gasteiger partial charge in [-0.3, -0.25) is 0 Å². The summed E-state index contributed by atoms with van der Waals surface area (Å²) in [6, 6.07) is 4.99. The van der Waals surface area contributed by atoms with E-state index in [1.54, 1.807) is 12.1 Å². The fourth-order valence-corrected chi connectivity index (χ4v) is 2.92. The van der Waals surface area contributed by atoms with Crippen LogP contribution in [0.1, 0.15) is 49.4 Å². The maximum Gasteiger partial charge on any atom is 0.337 e. The summed E-state index contributed by atoms with van der Waals surface area (Å²) < 4.78 is 0. The SMILES string of the molecule is CC1CCC(CCNc2ccc(N)cc2C(=O)O)CC1. The number of anilines is 2. The van der Waals surface area contributed by atoms with Crippen molar-refractivity contribution in [2.45, 2.75) is 39.0 Å². The first-order valence-electron chi connectivity index (χ1n) is 7.43. The van der Waals surface area contributed by atoms with Gasteiger partial charge in [-0.2, -0.15) is 0 Å². The molecule has 1 aromatic carbocycles. The summed E-state index contributed by atoms with van der Waals surface area (Å²) in [5.41, 5.74) is 7.03. The molecule has 0 aliphatic heterocycles. The molecule has 0 amide bonds. The number of benzene rings is 1. The molecule has 1 saturated carbocycles. The Bertz CT molecular complexity index is 466.